The summed E-state index contributed by atoms with van der Waals surface area (Å²) in [6, 6.07) is 7.11. The predicted octanol–water partition coefficient (Wildman–Crippen LogP) is 3.52. The fraction of sp³-hybridized carbons (Fsp3) is 0.294. The second kappa shape index (κ2) is 6.96. The quantitative estimate of drug-likeness (QED) is 0.705. The highest BCUT2D eigenvalue weighted by Gasteiger charge is 2.18. The number of aryl methyl sites for hydroxylation is 1. The van der Waals surface area contributed by atoms with Crippen LogP contribution < -0.4 is 4.74 Å². The number of H-pyrrole nitrogens is 1. The fourth-order valence-corrected chi connectivity index (χ4v) is 2.51. The highest BCUT2D eigenvalue weighted by Crippen LogP contribution is 2.31. The normalized spacial score (nSPS) is 10.5. The van der Waals surface area contributed by atoms with E-state index in [1.165, 1.54) is 6.33 Å². The molecule has 3 rings (SSSR count). The van der Waals surface area contributed by atoms with E-state index in [-0.39, 0.29) is 0 Å². The van der Waals surface area contributed by atoms with Crippen LogP contribution >= 0.6 is 0 Å². The summed E-state index contributed by atoms with van der Waals surface area (Å²) in [6.45, 7) is 11.7. The van der Waals surface area contributed by atoms with Crippen molar-refractivity contribution in [3.8, 4) is 11.5 Å². The number of hydrogen-bond acceptors (Lipinski definition) is 4. The number of benzene rings is 1. The van der Waals surface area contributed by atoms with Crippen molar-refractivity contribution in [3.63, 3.8) is 0 Å². The first-order chi connectivity index (χ1) is 11.7. The van der Waals surface area contributed by atoms with E-state index in [9.17, 15) is 0 Å². The van der Waals surface area contributed by atoms with Gasteiger partial charge in [0.05, 0.1) is 12.3 Å². The molecule has 0 atom stereocenters. The Kier molecular flexibility index (Phi) is 4.57. The summed E-state index contributed by atoms with van der Waals surface area (Å²) >= 11 is 0. The molecule has 0 fully saturated rings. The Hall–Kier alpha value is -3.14. The van der Waals surface area contributed by atoms with Gasteiger partial charge in [-0.15, -0.1) is 0 Å². The summed E-state index contributed by atoms with van der Waals surface area (Å²) in [6.07, 6.45) is 3.05. The standard InChI is InChI=1S/C17H18N6O/c1-4-14-17(24-13-8-6-12(18-3)7-9-13)15(5-2)23(22-14)10-16-19-11-20-21-16/h6-9,11H,4-5,10H2,1-2H3,(H,19,20,21). The monoisotopic (exact) mass is 322 g/mol. The third-order valence-corrected chi connectivity index (χ3v) is 3.70. The first-order valence-corrected chi connectivity index (χ1v) is 7.83. The molecule has 122 valence electrons. The van der Waals surface area contributed by atoms with E-state index in [4.69, 9.17) is 11.3 Å². The number of hydrogen-bond donors (Lipinski definition) is 1. The Labute approximate surface area is 140 Å². The SMILES string of the molecule is [C-]#[N+]c1ccc(Oc2c(CC)nn(Cc3ncn[nH]3)c2CC)cc1. The minimum Gasteiger partial charge on any atom is -0.454 e. The Balaban J connectivity index is 1.93. The summed E-state index contributed by atoms with van der Waals surface area (Å²) in [5, 5.41) is 11.4. The molecule has 1 N–H and O–H groups in total. The van der Waals surface area contributed by atoms with Crippen LogP contribution in [0.4, 0.5) is 5.69 Å². The van der Waals surface area contributed by atoms with E-state index in [2.05, 4.69) is 39.0 Å². The maximum absolute atomic E-state index is 7.02. The van der Waals surface area contributed by atoms with E-state index >= 15 is 0 Å². The zero-order chi connectivity index (χ0) is 16.9. The molecule has 3 aromatic rings. The molecule has 7 heteroatoms. The van der Waals surface area contributed by atoms with Crippen LogP contribution in [0.25, 0.3) is 4.85 Å². The van der Waals surface area contributed by atoms with Gasteiger partial charge in [0.25, 0.3) is 0 Å². The lowest BCUT2D eigenvalue weighted by Crippen LogP contribution is -2.07. The maximum atomic E-state index is 7.02. The van der Waals surface area contributed by atoms with Gasteiger partial charge < -0.3 is 4.74 Å². The largest absolute Gasteiger partial charge is 0.454 e. The van der Waals surface area contributed by atoms with Gasteiger partial charge in [-0.3, -0.25) is 9.78 Å². The van der Waals surface area contributed by atoms with E-state index in [1.54, 1.807) is 24.3 Å². The molecule has 2 heterocycles. The molecule has 0 bridgehead atoms. The molecule has 1 aromatic carbocycles. The second-order valence-corrected chi connectivity index (χ2v) is 5.23. The van der Waals surface area contributed by atoms with Gasteiger partial charge in [0, 0.05) is 0 Å². The minimum absolute atomic E-state index is 0.524. The molecular formula is C17H18N6O. The van der Waals surface area contributed by atoms with Crippen LogP contribution in [-0.4, -0.2) is 25.0 Å². The van der Waals surface area contributed by atoms with Crippen molar-refractivity contribution >= 4 is 5.69 Å². The topological polar surface area (TPSA) is 73.0 Å². The lowest BCUT2D eigenvalue weighted by Gasteiger charge is -2.09. The molecule has 0 aliphatic rings. The van der Waals surface area contributed by atoms with Crippen LogP contribution in [0, 0.1) is 6.57 Å². The third-order valence-electron chi connectivity index (χ3n) is 3.70. The zero-order valence-corrected chi connectivity index (χ0v) is 13.7. The lowest BCUT2D eigenvalue weighted by molar-refractivity contribution is 0.469. The highest BCUT2D eigenvalue weighted by molar-refractivity contribution is 5.48. The van der Waals surface area contributed by atoms with Crippen LogP contribution in [0.3, 0.4) is 0 Å². The number of nitrogens with one attached hydrogen (secondary N) is 1. The molecule has 24 heavy (non-hydrogen) atoms. The first-order valence-electron chi connectivity index (χ1n) is 7.83. The molecule has 0 aliphatic carbocycles. The van der Waals surface area contributed by atoms with Crippen molar-refractivity contribution in [2.75, 3.05) is 0 Å². The Bertz CT molecular complexity index is 843. The average Bonchev–Trinajstić information content (AvgIpc) is 3.23. The molecule has 0 radical (unpaired) electrons. The fourth-order valence-electron chi connectivity index (χ4n) is 2.51. The van der Waals surface area contributed by atoms with Gasteiger partial charge in [0.2, 0.25) is 0 Å². The van der Waals surface area contributed by atoms with E-state index in [1.807, 2.05) is 4.68 Å². The molecule has 0 saturated heterocycles. The Morgan fingerprint density at radius 3 is 2.58 bits per heavy atom. The molecule has 0 spiro atoms. The number of ether oxygens (including phenoxy) is 1. The van der Waals surface area contributed by atoms with Crippen molar-refractivity contribution in [3.05, 3.63) is 59.2 Å². The van der Waals surface area contributed by atoms with Gasteiger partial charge in [-0.05, 0) is 25.0 Å². The summed E-state index contributed by atoms with van der Waals surface area (Å²) in [5.74, 6) is 2.24. The van der Waals surface area contributed by atoms with Crippen LogP contribution in [0.15, 0.2) is 30.6 Å². The highest BCUT2D eigenvalue weighted by atomic mass is 16.5. The van der Waals surface area contributed by atoms with E-state index in [0.717, 1.165) is 35.8 Å². The van der Waals surface area contributed by atoms with Crippen molar-refractivity contribution in [1.82, 2.24) is 25.0 Å². The van der Waals surface area contributed by atoms with Gasteiger partial charge in [-0.1, -0.05) is 26.0 Å². The zero-order valence-electron chi connectivity index (χ0n) is 13.7. The third kappa shape index (κ3) is 3.13. The molecular weight excluding hydrogens is 304 g/mol. The van der Waals surface area contributed by atoms with Gasteiger partial charge in [0.15, 0.2) is 11.4 Å². The Morgan fingerprint density at radius 1 is 1.21 bits per heavy atom. The number of nitrogens with zero attached hydrogens (tertiary/aromatic N) is 5. The predicted molar refractivity (Wildman–Crippen MR) is 89.2 cm³/mol. The number of aromatic nitrogens is 5. The second-order valence-electron chi connectivity index (χ2n) is 5.23. The summed E-state index contributed by atoms with van der Waals surface area (Å²) in [5.41, 5.74) is 2.51. The van der Waals surface area contributed by atoms with Gasteiger partial charge in [-0.2, -0.15) is 10.2 Å². The van der Waals surface area contributed by atoms with Gasteiger partial charge in [0.1, 0.15) is 30.1 Å². The smallest absolute Gasteiger partial charge is 0.187 e. The summed E-state index contributed by atoms with van der Waals surface area (Å²) < 4.78 is 7.99. The van der Waals surface area contributed by atoms with Gasteiger partial charge in [-0.25, -0.2) is 9.83 Å². The van der Waals surface area contributed by atoms with Gasteiger partial charge >= 0.3 is 0 Å². The van der Waals surface area contributed by atoms with Crippen LogP contribution in [0.2, 0.25) is 0 Å². The van der Waals surface area contributed by atoms with Crippen molar-refractivity contribution in [2.45, 2.75) is 33.2 Å². The Morgan fingerprint density at radius 2 is 2.00 bits per heavy atom. The molecule has 0 amide bonds. The molecule has 0 aliphatic heterocycles. The minimum atomic E-state index is 0.524. The van der Waals surface area contributed by atoms with E-state index < -0.39 is 0 Å². The molecule has 2 aromatic heterocycles. The number of rotatable bonds is 6. The van der Waals surface area contributed by atoms with Crippen molar-refractivity contribution in [1.29, 1.82) is 0 Å². The van der Waals surface area contributed by atoms with Crippen LogP contribution in [-0.2, 0) is 19.4 Å². The summed E-state index contributed by atoms with van der Waals surface area (Å²) in [4.78, 5) is 7.55. The average molecular weight is 322 g/mol. The maximum Gasteiger partial charge on any atom is 0.187 e. The number of aromatic amines is 1. The van der Waals surface area contributed by atoms with E-state index in [0.29, 0.717) is 18.0 Å². The van der Waals surface area contributed by atoms with Crippen molar-refractivity contribution in [2.24, 2.45) is 0 Å². The lowest BCUT2D eigenvalue weighted by atomic mass is 10.2. The molecule has 7 nitrogen and oxygen atoms in total. The van der Waals surface area contributed by atoms with Crippen molar-refractivity contribution < 1.29 is 4.74 Å². The van der Waals surface area contributed by atoms with Crippen LogP contribution in [0.5, 0.6) is 11.5 Å². The summed E-state index contributed by atoms with van der Waals surface area (Å²) in [7, 11) is 0. The molecule has 0 saturated carbocycles. The first kappa shape index (κ1) is 15.7. The van der Waals surface area contributed by atoms with Crippen LogP contribution in [0.1, 0.15) is 31.1 Å². The molecule has 0 unspecified atom stereocenters.